The van der Waals surface area contributed by atoms with E-state index >= 15 is 0 Å². The Morgan fingerprint density at radius 1 is 0.800 bits per heavy atom. The van der Waals surface area contributed by atoms with Crippen LogP contribution in [0, 0.1) is 0 Å². The Hall–Kier alpha value is -4.08. The maximum absolute atomic E-state index is 13.7. The number of carbonyl (C=O) groups excluding carboxylic acids is 1. The molecule has 1 N–H and O–H groups in total. The second-order valence-corrected chi connectivity index (χ2v) is 10.8. The molecule has 6 rings (SSSR count). The Bertz CT molecular complexity index is 1970. The molecule has 0 aliphatic rings. The smallest absolute Gasteiger partial charge is 0.266 e. The highest BCUT2D eigenvalue weighted by atomic mass is 35.5. The van der Waals surface area contributed by atoms with Crippen LogP contribution in [0.3, 0.4) is 0 Å². The zero-order chi connectivity index (χ0) is 27.8. The van der Waals surface area contributed by atoms with E-state index < -0.39 is 5.91 Å². The molecule has 0 aliphatic carbocycles. The average Bonchev–Trinajstić information content (AvgIpc) is 3.43. The van der Waals surface area contributed by atoms with Crippen molar-refractivity contribution in [1.29, 1.82) is 0 Å². The highest BCUT2D eigenvalue weighted by molar-refractivity contribution is 7.18. The summed E-state index contributed by atoms with van der Waals surface area (Å²) in [5.41, 5.74) is 2.60. The van der Waals surface area contributed by atoms with Gasteiger partial charge in [-0.15, -0.1) is 10.2 Å². The fraction of sp³-hybridized carbons (Fsp3) is 0. The molecule has 0 aliphatic heterocycles. The molecule has 0 unspecified atom stereocenters. The summed E-state index contributed by atoms with van der Waals surface area (Å²) in [6, 6.07) is 26.5. The molecule has 0 radical (unpaired) electrons. The third kappa shape index (κ3) is 4.87. The van der Waals surface area contributed by atoms with E-state index in [4.69, 9.17) is 39.8 Å². The van der Waals surface area contributed by atoms with Crippen molar-refractivity contribution in [3.8, 4) is 27.6 Å². The lowest BCUT2D eigenvalue weighted by molar-refractivity contribution is 0.102. The first kappa shape index (κ1) is 26.2. The van der Waals surface area contributed by atoms with Crippen LogP contribution in [0.1, 0.15) is 10.4 Å². The van der Waals surface area contributed by atoms with E-state index in [9.17, 15) is 9.59 Å². The monoisotopic (exact) mass is 603 g/mol. The topological polar surface area (TPSA) is 89.8 Å². The van der Waals surface area contributed by atoms with E-state index in [1.807, 2.05) is 36.4 Å². The van der Waals surface area contributed by atoms with Gasteiger partial charge in [0.2, 0.25) is 5.13 Å². The van der Waals surface area contributed by atoms with E-state index in [2.05, 4.69) is 15.5 Å². The van der Waals surface area contributed by atoms with Gasteiger partial charge in [-0.3, -0.25) is 19.5 Å². The van der Waals surface area contributed by atoms with Gasteiger partial charge in [-0.1, -0.05) is 76.5 Å². The van der Waals surface area contributed by atoms with E-state index in [0.717, 1.165) is 5.56 Å². The number of para-hydroxylation sites is 1. The predicted molar refractivity (Wildman–Crippen MR) is 161 cm³/mol. The molecule has 7 nitrogen and oxygen atoms in total. The third-order valence-corrected chi connectivity index (χ3v) is 8.14. The van der Waals surface area contributed by atoms with Gasteiger partial charge in [0.05, 0.1) is 37.2 Å². The molecule has 40 heavy (non-hydrogen) atoms. The molecule has 11 heteroatoms. The summed E-state index contributed by atoms with van der Waals surface area (Å²) in [7, 11) is 0. The van der Waals surface area contributed by atoms with Crippen LogP contribution in [0.15, 0.2) is 95.8 Å². The molecule has 4 aromatic carbocycles. The first-order valence-electron chi connectivity index (χ1n) is 11.9. The van der Waals surface area contributed by atoms with Gasteiger partial charge in [-0.05, 0) is 60.7 Å². The van der Waals surface area contributed by atoms with Crippen LogP contribution < -0.4 is 10.9 Å². The Balaban J connectivity index is 1.35. The molecule has 6 aromatic rings. The highest BCUT2D eigenvalue weighted by Crippen LogP contribution is 2.31. The van der Waals surface area contributed by atoms with Crippen LogP contribution >= 0.6 is 46.1 Å². The van der Waals surface area contributed by atoms with Gasteiger partial charge < -0.3 is 0 Å². The summed E-state index contributed by atoms with van der Waals surface area (Å²) in [4.78, 5) is 31.1. The summed E-state index contributed by atoms with van der Waals surface area (Å²) in [6.45, 7) is 0. The number of benzene rings is 4. The second kappa shape index (κ2) is 10.8. The van der Waals surface area contributed by atoms with Gasteiger partial charge in [0.1, 0.15) is 10.8 Å². The standard InChI is InChI=1S/C29H16Cl3N5O2S/c30-21-9-3-1-6-18(21)25-33-23-11-4-2-7-19(23)28(39)37(25)17-14-12-16(13-15-17)27-35-36-29(40-27)34-26(38)20-8-5-10-22(31)24(20)32/h1-15H,(H,34,36,38). The Morgan fingerprint density at radius 3 is 2.33 bits per heavy atom. The SMILES string of the molecule is O=C(Nc1nnc(-c2ccc(-n3c(-c4ccccc4Cl)nc4ccccc4c3=O)cc2)s1)c1cccc(Cl)c1Cl. The molecule has 0 atom stereocenters. The zero-order valence-electron chi connectivity index (χ0n) is 20.3. The molecule has 0 saturated carbocycles. The molecule has 0 spiro atoms. The van der Waals surface area contributed by atoms with Crippen molar-refractivity contribution < 1.29 is 4.79 Å². The van der Waals surface area contributed by atoms with Crippen LogP contribution in [-0.2, 0) is 0 Å². The Kier molecular flexibility index (Phi) is 7.08. The first-order chi connectivity index (χ1) is 19.4. The summed E-state index contributed by atoms with van der Waals surface area (Å²) in [5, 5.41) is 13.3. The van der Waals surface area contributed by atoms with Gasteiger partial charge in [0.15, 0.2) is 0 Å². The minimum absolute atomic E-state index is 0.163. The lowest BCUT2D eigenvalue weighted by Crippen LogP contribution is -2.22. The molecule has 0 saturated heterocycles. The number of nitrogens with one attached hydrogen (secondary N) is 1. The number of anilines is 1. The lowest BCUT2D eigenvalue weighted by atomic mass is 10.1. The van der Waals surface area contributed by atoms with Gasteiger partial charge in [0.25, 0.3) is 11.5 Å². The number of carbonyl (C=O) groups is 1. The van der Waals surface area contributed by atoms with Gasteiger partial charge >= 0.3 is 0 Å². The average molecular weight is 605 g/mol. The molecule has 2 heterocycles. The van der Waals surface area contributed by atoms with Crippen molar-refractivity contribution in [3.05, 3.63) is 122 Å². The maximum atomic E-state index is 13.7. The third-order valence-electron chi connectivity index (χ3n) is 6.10. The van der Waals surface area contributed by atoms with E-state index in [1.54, 1.807) is 59.2 Å². The quantitative estimate of drug-likeness (QED) is 0.217. The number of fused-ring (bicyclic) bond motifs is 1. The first-order valence-corrected chi connectivity index (χ1v) is 13.8. The van der Waals surface area contributed by atoms with Crippen LogP contribution in [0.5, 0.6) is 0 Å². The number of hydrogen-bond acceptors (Lipinski definition) is 6. The number of aromatic nitrogens is 4. The molecule has 2 aromatic heterocycles. The number of halogens is 3. The minimum Gasteiger partial charge on any atom is -0.296 e. The largest absolute Gasteiger partial charge is 0.296 e. The summed E-state index contributed by atoms with van der Waals surface area (Å²) >= 11 is 19.9. The number of hydrogen-bond donors (Lipinski definition) is 1. The van der Waals surface area contributed by atoms with Crippen LogP contribution in [0.25, 0.3) is 38.5 Å². The minimum atomic E-state index is -0.444. The van der Waals surface area contributed by atoms with Gasteiger partial charge in [0, 0.05) is 11.1 Å². The number of nitrogens with zero attached hydrogens (tertiary/aromatic N) is 4. The predicted octanol–water partition coefficient (Wildman–Crippen LogP) is 7.78. The molecular formula is C29H16Cl3N5O2S. The maximum Gasteiger partial charge on any atom is 0.266 e. The van der Waals surface area contributed by atoms with Gasteiger partial charge in [-0.2, -0.15) is 0 Å². The molecule has 1 amide bonds. The van der Waals surface area contributed by atoms with E-state index in [0.29, 0.717) is 43.1 Å². The van der Waals surface area contributed by atoms with Crippen molar-refractivity contribution in [1.82, 2.24) is 19.7 Å². The molecule has 0 bridgehead atoms. The fourth-order valence-corrected chi connectivity index (χ4v) is 5.53. The normalized spacial score (nSPS) is 11.1. The van der Waals surface area contributed by atoms with Crippen LogP contribution in [0.4, 0.5) is 5.13 Å². The summed E-state index contributed by atoms with van der Waals surface area (Å²) in [5.74, 6) is -0.0107. The van der Waals surface area contributed by atoms with Crippen molar-refractivity contribution in [3.63, 3.8) is 0 Å². The lowest BCUT2D eigenvalue weighted by Gasteiger charge is -2.15. The van der Waals surface area contributed by atoms with Crippen LogP contribution in [0.2, 0.25) is 15.1 Å². The molecular weight excluding hydrogens is 589 g/mol. The molecule has 0 fully saturated rings. The number of rotatable bonds is 5. The number of amides is 1. The van der Waals surface area contributed by atoms with Crippen molar-refractivity contribution in [2.75, 3.05) is 5.32 Å². The van der Waals surface area contributed by atoms with Crippen molar-refractivity contribution in [2.45, 2.75) is 0 Å². The Labute approximate surface area is 246 Å². The second-order valence-electron chi connectivity index (χ2n) is 8.59. The molecule has 196 valence electrons. The van der Waals surface area contributed by atoms with Gasteiger partial charge in [-0.25, -0.2) is 4.98 Å². The van der Waals surface area contributed by atoms with Crippen LogP contribution in [-0.4, -0.2) is 25.7 Å². The highest BCUT2D eigenvalue weighted by Gasteiger charge is 2.18. The fourth-order valence-electron chi connectivity index (χ4n) is 4.18. The Morgan fingerprint density at radius 2 is 1.52 bits per heavy atom. The van der Waals surface area contributed by atoms with Crippen molar-refractivity contribution >= 4 is 68.1 Å². The summed E-state index contributed by atoms with van der Waals surface area (Å²) in [6.07, 6.45) is 0. The zero-order valence-corrected chi connectivity index (χ0v) is 23.4. The summed E-state index contributed by atoms with van der Waals surface area (Å²) < 4.78 is 1.55. The van der Waals surface area contributed by atoms with E-state index in [1.165, 1.54) is 11.3 Å². The van der Waals surface area contributed by atoms with E-state index in [-0.39, 0.29) is 21.2 Å². The van der Waals surface area contributed by atoms with Crippen molar-refractivity contribution in [2.24, 2.45) is 0 Å².